The zero-order valence-electron chi connectivity index (χ0n) is 18.2. The van der Waals surface area contributed by atoms with E-state index in [2.05, 4.69) is 10.6 Å². The summed E-state index contributed by atoms with van der Waals surface area (Å²) in [6, 6.07) is 12.7. The summed E-state index contributed by atoms with van der Waals surface area (Å²) in [6.07, 6.45) is 2.02. The Kier molecular flexibility index (Phi) is 6.30. The Labute approximate surface area is 186 Å². The monoisotopic (exact) mass is 437 g/mol. The topological polar surface area (TPSA) is 97.0 Å². The number of ether oxygens (including phenoxy) is 2. The molecule has 168 valence electrons. The summed E-state index contributed by atoms with van der Waals surface area (Å²) in [7, 11) is 3.09. The summed E-state index contributed by atoms with van der Waals surface area (Å²) in [5, 5.41) is 5.83. The normalized spacial score (nSPS) is 17.8. The zero-order chi connectivity index (χ0) is 22.7. The highest BCUT2D eigenvalue weighted by atomic mass is 16.5. The predicted molar refractivity (Wildman–Crippen MR) is 120 cm³/mol. The summed E-state index contributed by atoms with van der Waals surface area (Å²) in [4.78, 5) is 38.9. The Bertz CT molecular complexity index is 1030. The van der Waals surface area contributed by atoms with E-state index in [1.165, 1.54) is 7.11 Å². The molecule has 2 fully saturated rings. The van der Waals surface area contributed by atoms with E-state index in [0.717, 1.165) is 24.1 Å². The number of methoxy groups -OCH3 is 2. The Hall–Kier alpha value is -3.55. The van der Waals surface area contributed by atoms with E-state index in [4.69, 9.17) is 9.47 Å². The average Bonchev–Trinajstić information content (AvgIpc) is 3.59. The van der Waals surface area contributed by atoms with Crippen LogP contribution in [-0.2, 0) is 20.9 Å². The molecule has 0 bridgehead atoms. The van der Waals surface area contributed by atoms with Gasteiger partial charge in [-0.3, -0.25) is 14.4 Å². The Morgan fingerprint density at radius 3 is 2.56 bits per heavy atom. The Morgan fingerprint density at radius 1 is 1.03 bits per heavy atom. The molecule has 0 spiro atoms. The number of hydrogen-bond acceptors (Lipinski definition) is 5. The van der Waals surface area contributed by atoms with Crippen molar-refractivity contribution in [1.29, 1.82) is 0 Å². The fraction of sp³-hybridized carbons (Fsp3) is 0.375. The standard InChI is InChI=1S/C24H27N3O5/c1-31-19-8-9-21(32-2)20(12-19)27-14-17(11-22(27)28)23(29)25-13-15-4-3-5-18(10-15)26-24(30)16-6-7-16/h3-5,8-10,12,16-17H,6-7,11,13-14H2,1-2H3,(H,25,29)(H,26,30). The van der Waals surface area contributed by atoms with Crippen molar-refractivity contribution in [2.45, 2.75) is 25.8 Å². The van der Waals surface area contributed by atoms with Crippen LogP contribution in [0.2, 0.25) is 0 Å². The lowest BCUT2D eigenvalue weighted by molar-refractivity contribution is -0.126. The van der Waals surface area contributed by atoms with E-state index < -0.39 is 5.92 Å². The number of benzene rings is 2. The molecule has 3 amide bonds. The molecule has 2 aromatic carbocycles. The molecule has 32 heavy (non-hydrogen) atoms. The molecule has 8 nitrogen and oxygen atoms in total. The minimum atomic E-state index is -0.462. The summed E-state index contributed by atoms with van der Waals surface area (Å²) in [5.41, 5.74) is 2.19. The first kappa shape index (κ1) is 21.7. The van der Waals surface area contributed by atoms with Gasteiger partial charge < -0.3 is 25.0 Å². The summed E-state index contributed by atoms with van der Waals surface area (Å²) >= 11 is 0. The molecule has 1 aliphatic heterocycles. The molecule has 1 heterocycles. The third-order valence-corrected chi connectivity index (χ3v) is 5.78. The van der Waals surface area contributed by atoms with Gasteiger partial charge in [0.05, 0.1) is 25.8 Å². The lowest BCUT2D eigenvalue weighted by Gasteiger charge is -2.20. The van der Waals surface area contributed by atoms with E-state index in [0.29, 0.717) is 23.7 Å². The maximum Gasteiger partial charge on any atom is 0.227 e. The maximum atomic E-state index is 12.8. The largest absolute Gasteiger partial charge is 0.497 e. The van der Waals surface area contributed by atoms with Gasteiger partial charge in [0, 0.05) is 37.2 Å². The van der Waals surface area contributed by atoms with Crippen molar-refractivity contribution in [3.05, 3.63) is 48.0 Å². The zero-order valence-corrected chi connectivity index (χ0v) is 18.2. The third kappa shape index (κ3) is 4.85. The molecule has 0 aromatic heterocycles. The quantitative estimate of drug-likeness (QED) is 0.662. The van der Waals surface area contributed by atoms with Crippen LogP contribution in [0.3, 0.4) is 0 Å². The maximum absolute atomic E-state index is 12.8. The molecule has 1 aliphatic carbocycles. The van der Waals surface area contributed by atoms with E-state index in [1.807, 2.05) is 24.3 Å². The van der Waals surface area contributed by atoms with Crippen molar-refractivity contribution in [3.8, 4) is 11.5 Å². The van der Waals surface area contributed by atoms with Crippen LogP contribution in [0.4, 0.5) is 11.4 Å². The van der Waals surface area contributed by atoms with Crippen LogP contribution in [0, 0.1) is 11.8 Å². The van der Waals surface area contributed by atoms with Gasteiger partial charge >= 0.3 is 0 Å². The fourth-order valence-corrected chi connectivity index (χ4v) is 3.81. The first-order chi connectivity index (χ1) is 15.5. The Balaban J connectivity index is 1.37. The van der Waals surface area contributed by atoms with Crippen molar-refractivity contribution in [2.75, 3.05) is 31.0 Å². The van der Waals surface area contributed by atoms with Crippen LogP contribution in [0.5, 0.6) is 11.5 Å². The van der Waals surface area contributed by atoms with Crippen molar-refractivity contribution >= 4 is 29.1 Å². The van der Waals surface area contributed by atoms with Gasteiger partial charge in [0.15, 0.2) is 0 Å². The SMILES string of the molecule is COc1ccc(OC)c(N2CC(C(=O)NCc3cccc(NC(=O)C4CC4)c3)CC2=O)c1. The second kappa shape index (κ2) is 9.30. The molecule has 4 rings (SSSR count). The van der Waals surface area contributed by atoms with Gasteiger partial charge in [-0.05, 0) is 42.7 Å². The molecule has 1 saturated carbocycles. The van der Waals surface area contributed by atoms with Crippen LogP contribution in [0.1, 0.15) is 24.8 Å². The number of carbonyl (C=O) groups excluding carboxylic acids is 3. The Morgan fingerprint density at radius 2 is 1.84 bits per heavy atom. The first-order valence-electron chi connectivity index (χ1n) is 10.7. The van der Waals surface area contributed by atoms with Crippen molar-refractivity contribution in [2.24, 2.45) is 11.8 Å². The molecule has 8 heteroatoms. The van der Waals surface area contributed by atoms with Gasteiger partial charge in [-0.2, -0.15) is 0 Å². The van der Waals surface area contributed by atoms with Crippen LogP contribution in [0.25, 0.3) is 0 Å². The molecule has 1 saturated heterocycles. The number of anilines is 2. The van der Waals surface area contributed by atoms with Crippen LogP contribution in [-0.4, -0.2) is 38.5 Å². The van der Waals surface area contributed by atoms with E-state index >= 15 is 0 Å². The van der Waals surface area contributed by atoms with Gasteiger partial charge in [-0.15, -0.1) is 0 Å². The van der Waals surface area contributed by atoms with Gasteiger partial charge in [0.1, 0.15) is 11.5 Å². The highest BCUT2D eigenvalue weighted by molar-refractivity contribution is 6.01. The number of hydrogen-bond donors (Lipinski definition) is 2. The van der Waals surface area contributed by atoms with E-state index in [1.54, 1.807) is 30.2 Å². The fourth-order valence-electron chi connectivity index (χ4n) is 3.81. The van der Waals surface area contributed by atoms with Gasteiger partial charge in [0.2, 0.25) is 17.7 Å². The van der Waals surface area contributed by atoms with Crippen LogP contribution >= 0.6 is 0 Å². The summed E-state index contributed by atoms with van der Waals surface area (Å²) in [6.45, 7) is 0.588. The molecule has 0 radical (unpaired) electrons. The van der Waals surface area contributed by atoms with Crippen LogP contribution in [0.15, 0.2) is 42.5 Å². The lowest BCUT2D eigenvalue weighted by Crippen LogP contribution is -2.32. The highest BCUT2D eigenvalue weighted by Gasteiger charge is 2.36. The minimum absolute atomic E-state index is 0.0451. The third-order valence-electron chi connectivity index (χ3n) is 5.78. The molecule has 2 aliphatic rings. The van der Waals surface area contributed by atoms with Crippen molar-refractivity contribution in [1.82, 2.24) is 5.32 Å². The predicted octanol–water partition coefficient (Wildman–Crippen LogP) is 2.72. The van der Waals surface area contributed by atoms with Crippen molar-refractivity contribution < 1.29 is 23.9 Å². The van der Waals surface area contributed by atoms with Gasteiger partial charge in [-0.25, -0.2) is 0 Å². The summed E-state index contributed by atoms with van der Waals surface area (Å²) in [5.74, 6) is 0.543. The number of rotatable bonds is 8. The van der Waals surface area contributed by atoms with Gasteiger partial charge in [0.25, 0.3) is 0 Å². The second-order valence-corrected chi connectivity index (χ2v) is 8.12. The molecule has 1 unspecified atom stereocenters. The van der Waals surface area contributed by atoms with E-state index in [-0.39, 0.29) is 36.6 Å². The average molecular weight is 437 g/mol. The summed E-state index contributed by atoms with van der Waals surface area (Å²) < 4.78 is 10.6. The molecule has 1 atom stereocenters. The molecular formula is C24H27N3O5. The number of carbonyl (C=O) groups is 3. The minimum Gasteiger partial charge on any atom is -0.497 e. The first-order valence-corrected chi connectivity index (χ1v) is 10.7. The van der Waals surface area contributed by atoms with Crippen LogP contribution < -0.4 is 25.0 Å². The smallest absolute Gasteiger partial charge is 0.227 e. The number of amides is 3. The van der Waals surface area contributed by atoms with Crippen molar-refractivity contribution in [3.63, 3.8) is 0 Å². The highest BCUT2D eigenvalue weighted by Crippen LogP contribution is 2.36. The number of nitrogens with zero attached hydrogens (tertiary/aromatic N) is 1. The molecule has 2 aromatic rings. The molecular weight excluding hydrogens is 410 g/mol. The lowest BCUT2D eigenvalue weighted by atomic mass is 10.1. The number of nitrogens with one attached hydrogen (secondary N) is 2. The molecule has 2 N–H and O–H groups in total. The van der Waals surface area contributed by atoms with E-state index in [9.17, 15) is 14.4 Å². The van der Waals surface area contributed by atoms with Gasteiger partial charge in [-0.1, -0.05) is 12.1 Å². The second-order valence-electron chi connectivity index (χ2n) is 8.12.